The molecule has 0 saturated carbocycles. The minimum atomic E-state index is -1.11. The largest absolute Gasteiger partial charge is 0.508 e. The van der Waals surface area contributed by atoms with E-state index < -0.39 is 35.6 Å². The zero-order valence-corrected chi connectivity index (χ0v) is 24.2. The molecule has 218 valence electrons. The summed E-state index contributed by atoms with van der Waals surface area (Å²) in [6.07, 6.45) is -0.161. The summed E-state index contributed by atoms with van der Waals surface area (Å²) in [5.74, 6) is -0.944. The van der Waals surface area contributed by atoms with Gasteiger partial charge < -0.3 is 30.5 Å². The van der Waals surface area contributed by atoms with Crippen molar-refractivity contribution in [2.24, 2.45) is 0 Å². The highest BCUT2D eigenvalue weighted by molar-refractivity contribution is 5.99. The number of nitrogens with zero attached hydrogens (tertiary/aromatic N) is 1. The third-order valence-electron chi connectivity index (χ3n) is 6.26. The maximum atomic E-state index is 14.3. The Kier molecular flexibility index (Phi) is 10.4. The summed E-state index contributed by atoms with van der Waals surface area (Å²) < 4.78 is 5.44. The minimum Gasteiger partial charge on any atom is -0.508 e. The van der Waals surface area contributed by atoms with E-state index in [1.807, 2.05) is 26.0 Å². The van der Waals surface area contributed by atoms with Crippen molar-refractivity contribution in [2.75, 3.05) is 11.9 Å². The van der Waals surface area contributed by atoms with Crippen LogP contribution in [0.25, 0.3) is 0 Å². The van der Waals surface area contributed by atoms with Crippen LogP contribution in [-0.2, 0) is 20.7 Å². The number of anilines is 1. The van der Waals surface area contributed by atoms with Gasteiger partial charge in [0.25, 0.3) is 5.91 Å². The summed E-state index contributed by atoms with van der Waals surface area (Å²) in [6.45, 7) is 9.12. The molecule has 0 heterocycles. The topological polar surface area (TPSA) is 128 Å². The van der Waals surface area contributed by atoms with Crippen LogP contribution in [-0.4, -0.2) is 51.2 Å². The number of alkyl carbamates (subject to hydrolysis) is 1. The van der Waals surface area contributed by atoms with Gasteiger partial charge in [-0.05, 0) is 81.1 Å². The Labute approximate surface area is 241 Å². The fourth-order valence-electron chi connectivity index (χ4n) is 4.41. The van der Waals surface area contributed by atoms with Crippen LogP contribution in [0.3, 0.4) is 0 Å². The molecule has 0 bridgehead atoms. The smallest absolute Gasteiger partial charge is 0.408 e. The first kappa shape index (κ1) is 31.0. The maximum absolute atomic E-state index is 14.3. The van der Waals surface area contributed by atoms with Gasteiger partial charge in [0.2, 0.25) is 5.91 Å². The van der Waals surface area contributed by atoms with Crippen molar-refractivity contribution in [3.05, 3.63) is 89.5 Å². The Bertz CT molecular complexity index is 1350. The van der Waals surface area contributed by atoms with E-state index in [0.29, 0.717) is 23.2 Å². The van der Waals surface area contributed by atoms with Gasteiger partial charge in [-0.3, -0.25) is 9.59 Å². The standard InChI is InChI=1S/C32H39N3O6/c1-6-18-35(28(23-11-9-12-25(37)20-23)29(38)33-26-13-8-7-10-21(26)2)30(39)27(34-31(40)41-32(3,4)5)19-22-14-16-24(36)17-15-22/h7-17,20,27-28,36-37H,6,18-19H2,1-5H3,(H,33,38)(H,34,40). The number of aryl methyl sites for hydroxylation is 1. The van der Waals surface area contributed by atoms with E-state index in [-0.39, 0.29) is 24.5 Å². The van der Waals surface area contributed by atoms with Gasteiger partial charge >= 0.3 is 6.09 Å². The van der Waals surface area contributed by atoms with Crippen LogP contribution >= 0.6 is 0 Å². The second-order valence-electron chi connectivity index (χ2n) is 10.9. The number of aromatic hydroxyl groups is 2. The molecule has 3 aromatic rings. The van der Waals surface area contributed by atoms with E-state index in [1.165, 1.54) is 29.2 Å². The molecule has 0 saturated heterocycles. The molecule has 9 nitrogen and oxygen atoms in total. The molecule has 0 radical (unpaired) electrons. The highest BCUT2D eigenvalue weighted by atomic mass is 16.6. The van der Waals surface area contributed by atoms with Crippen LogP contribution in [0.1, 0.15) is 56.8 Å². The Balaban J connectivity index is 2.04. The van der Waals surface area contributed by atoms with Crippen LogP contribution in [0.5, 0.6) is 11.5 Å². The average Bonchev–Trinajstić information content (AvgIpc) is 2.89. The fraction of sp³-hybridized carbons (Fsp3) is 0.344. The van der Waals surface area contributed by atoms with E-state index in [9.17, 15) is 24.6 Å². The van der Waals surface area contributed by atoms with Gasteiger partial charge in [-0.15, -0.1) is 0 Å². The van der Waals surface area contributed by atoms with Crippen molar-refractivity contribution in [3.8, 4) is 11.5 Å². The van der Waals surface area contributed by atoms with Gasteiger partial charge in [0.05, 0.1) is 0 Å². The predicted molar refractivity (Wildman–Crippen MR) is 158 cm³/mol. The predicted octanol–water partition coefficient (Wildman–Crippen LogP) is 5.46. The van der Waals surface area contributed by atoms with Gasteiger partial charge in [0, 0.05) is 18.7 Å². The average molecular weight is 562 g/mol. The molecule has 0 spiro atoms. The number of ether oxygens (including phenoxy) is 1. The van der Waals surface area contributed by atoms with E-state index in [2.05, 4.69) is 10.6 Å². The van der Waals surface area contributed by atoms with Crippen molar-refractivity contribution in [1.82, 2.24) is 10.2 Å². The van der Waals surface area contributed by atoms with Crippen molar-refractivity contribution in [2.45, 2.75) is 65.1 Å². The van der Waals surface area contributed by atoms with Gasteiger partial charge in [-0.25, -0.2) is 4.79 Å². The molecule has 0 fully saturated rings. The number of benzene rings is 3. The number of nitrogens with one attached hydrogen (secondary N) is 2. The van der Waals surface area contributed by atoms with Crippen molar-refractivity contribution in [1.29, 1.82) is 0 Å². The summed E-state index contributed by atoms with van der Waals surface area (Å²) in [5, 5.41) is 25.6. The van der Waals surface area contributed by atoms with E-state index in [0.717, 1.165) is 5.56 Å². The number of phenols is 2. The van der Waals surface area contributed by atoms with Gasteiger partial charge in [0.1, 0.15) is 29.2 Å². The molecule has 2 atom stereocenters. The number of hydrogen-bond donors (Lipinski definition) is 4. The van der Waals surface area contributed by atoms with Gasteiger partial charge in [-0.2, -0.15) is 0 Å². The summed E-state index contributed by atoms with van der Waals surface area (Å²) in [5.41, 5.74) is 1.75. The first-order valence-electron chi connectivity index (χ1n) is 13.6. The van der Waals surface area contributed by atoms with Gasteiger partial charge in [0.15, 0.2) is 0 Å². The zero-order chi connectivity index (χ0) is 30.2. The Morgan fingerprint density at radius 1 is 0.927 bits per heavy atom. The lowest BCUT2D eigenvalue weighted by Gasteiger charge is -2.34. The molecule has 3 amide bonds. The lowest BCUT2D eigenvalue weighted by Crippen LogP contribution is -2.53. The van der Waals surface area contributed by atoms with Crippen molar-refractivity contribution in [3.63, 3.8) is 0 Å². The number of carbonyl (C=O) groups is 3. The number of carbonyl (C=O) groups excluding carboxylic acids is 3. The summed E-state index contributed by atoms with van der Waals surface area (Å²) >= 11 is 0. The van der Waals surface area contributed by atoms with Crippen LogP contribution < -0.4 is 10.6 Å². The van der Waals surface area contributed by atoms with Crippen molar-refractivity contribution >= 4 is 23.6 Å². The number of phenolic OH excluding ortho intramolecular Hbond substituents is 2. The summed E-state index contributed by atoms with van der Waals surface area (Å²) in [7, 11) is 0. The summed E-state index contributed by atoms with van der Waals surface area (Å²) in [6, 6.07) is 17.7. The molecule has 0 aromatic heterocycles. The molecule has 0 aliphatic carbocycles. The lowest BCUT2D eigenvalue weighted by molar-refractivity contribution is -0.140. The molecular weight excluding hydrogens is 522 g/mol. The molecular formula is C32H39N3O6. The summed E-state index contributed by atoms with van der Waals surface area (Å²) in [4.78, 5) is 42.5. The normalized spacial score (nSPS) is 12.6. The molecule has 0 aliphatic rings. The van der Waals surface area contributed by atoms with Gasteiger partial charge in [-0.1, -0.05) is 49.4 Å². The Hall–Kier alpha value is -4.53. The first-order chi connectivity index (χ1) is 19.4. The number of rotatable bonds is 10. The minimum absolute atomic E-state index is 0.0485. The fourth-order valence-corrected chi connectivity index (χ4v) is 4.41. The number of para-hydroxylation sites is 1. The molecule has 0 aliphatic heterocycles. The quantitative estimate of drug-likeness (QED) is 0.260. The second-order valence-corrected chi connectivity index (χ2v) is 10.9. The van der Waals surface area contributed by atoms with E-state index >= 15 is 0 Å². The third-order valence-corrected chi connectivity index (χ3v) is 6.26. The molecule has 4 N–H and O–H groups in total. The third kappa shape index (κ3) is 8.99. The molecule has 3 rings (SSSR count). The van der Waals surface area contributed by atoms with Crippen molar-refractivity contribution < 1.29 is 29.3 Å². The highest BCUT2D eigenvalue weighted by Gasteiger charge is 2.36. The van der Waals surface area contributed by atoms with Crippen LogP contribution in [0.4, 0.5) is 10.5 Å². The second kappa shape index (κ2) is 13.7. The highest BCUT2D eigenvalue weighted by Crippen LogP contribution is 2.28. The zero-order valence-electron chi connectivity index (χ0n) is 24.2. The molecule has 3 aromatic carbocycles. The molecule has 2 unspecified atom stereocenters. The van der Waals surface area contributed by atoms with Crippen LogP contribution in [0.2, 0.25) is 0 Å². The molecule has 9 heteroatoms. The van der Waals surface area contributed by atoms with Crippen LogP contribution in [0.15, 0.2) is 72.8 Å². The van der Waals surface area contributed by atoms with E-state index in [1.54, 1.807) is 57.2 Å². The first-order valence-corrected chi connectivity index (χ1v) is 13.6. The molecule has 41 heavy (non-hydrogen) atoms. The monoisotopic (exact) mass is 561 g/mol. The number of hydrogen-bond acceptors (Lipinski definition) is 6. The number of amides is 3. The van der Waals surface area contributed by atoms with E-state index in [4.69, 9.17) is 4.74 Å². The Morgan fingerprint density at radius 2 is 1.61 bits per heavy atom. The maximum Gasteiger partial charge on any atom is 0.408 e. The SMILES string of the molecule is CCCN(C(=O)C(Cc1ccc(O)cc1)NC(=O)OC(C)(C)C)C(C(=O)Nc1ccccc1C)c1cccc(O)c1. The van der Waals surface area contributed by atoms with Crippen LogP contribution in [0, 0.1) is 6.92 Å². The lowest BCUT2D eigenvalue weighted by atomic mass is 9.99. The Morgan fingerprint density at radius 3 is 2.22 bits per heavy atom.